The molecule has 1 aromatic carbocycles. The highest BCUT2D eigenvalue weighted by molar-refractivity contribution is 6.35. The number of likely N-dealkylation sites (N-methyl/N-ethyl adjacent to an activating group) is 2. The lowest BCUT2D eigenvalue weighted by Crippen LogP contribution is -2.39. The van der Waals surface area contributed by atoms with E-state index in [-0.39, 0.29) is 5.75 Å². The molecule has 0 amide bonds. The second-order valence-electron chi connectivity index (χ2n) is 5.07. The summed E-state index contributed by atoms with van der Waals surface area (Å²) in [4.78, 5) is 4.43. The number of halogens is 2. The number of aromatic hydroxyl groups is 1. The maximum atomic E-state index is 10.0. The highest BCUT2D eigenvalue weighted by Crippen LogP contribution is 2.32. The lowest BCUT2D eigenvalue weighted by Gasteiger charge is -2.30. The first-order valence-electron chi connectivity index (χ1n) is 6.40. The molecule has 0 saturated heterocycles. The van der Waals surface area contributed by atoms with Crippen molar-refractivity contribution in [2.75, 3.05) is 27.2 Å². The topological polar surface area (TPSA) is 26.7 Å². The monoisotopic (exact) mass is 304 g/mol. The Morgan fingerprint density at radius 2 is 1.89 bits per heavy atom. The Bertz CT molecular complexity index is 424. The zero-order valence-corrected chi connectivity index (χ0v) is 13.5. The summed E-state index contributed by atoms with van der Waals surface area (Å²) in [7, 11) is 4.11. The van der Waals surface area contributed by atoms with E-state index in [1.54, 1.807) is 12.1 Å². The number of phenolic OH excluding ortho intramolecular Hbond substituents is 1. The summed E-state index contributed by atoms with van der Waals surface area (Å²) in [6.45, 7) is 6.78. The molecular formula is C14H22Cl2N2O. The molecule has 0 aliphatic carbocycles. The number of hydrogen-bond acceptors (Lipinski definition) is 3. The fourth-order valence-corrected chi connectivity index (χ4v) is 2.72. The Hall–Kier alpha value is -0.480. The summed E-state index contributed by atoms with van der Waals surface area (Å²) < 4.78 is 0. The van der Waals surface area contributed by atoms with Crippen molar-refractivity contribution in [1.29, 1.82) is 0 Å². The molecule has 0 bridgehead atoms. The van der Waals surface area contributed by atoms with Gasteiger partial charge < -0.3 is 10.0 Å². The second kappa shape index (κ2) is 7.34. The van der Waals surface area contributed by atoms with E-state index in [4.69, 9.17) is 23.2 Å². The lowest BCUT2D eigenvalue weighted by atomic mass is 10.1. The molecule has 5 heteroatoms. The minimum Gasteiger partial charge on any atom is -0.506 e. The number of rotatable bonds is 6. The van der Waals surface area contributed by atoms with Crippen molar-refractivity contribution in [3.05, 3.63) is 27.7 Å². The van der Waals surface area contributed by atoms with Crippen molar-refractivity contribution in [2.24, 2.45) is 0 Å². The van der Waals surface area contributed by atoms with Gasteiger partial charge in [-0.05, 0) is 39.7 Å². The van der Waals surface area contributed by atoms with E-state index in [0.29, 0.717) is 22.6 Å². The molecule has 0 spiro atoms. The van der Waals surface area contributed by atoms with Crippen LogP contribution in [-0.4, -0.2) is 48.1 Å². The predicted molar refractivity (Wildman–Crippen MR) is 82.2 cm³/mol. The van der Waals surface area contributed by atoms with Crippen LogP contribution in [0.25, 0.3) is 0 Å². The second-order valence-corrected chi connectivity index (χ2v) is 5.91. The molecule has 0 fully saturated rings. The van der Waals surface area contributed by atoms with Crippen LogP contribution in [0.1, 0.15) is 19.4 Å². The minimum absolute atomic E-state index is 0.126. The third kappa shape index (κ3) is 4.84. The third-order valence-electron chi connectivity index (χ3n) is 3.14. The van der Waals surface area contributed by atoms with Crippen LogP contribution in [0.3, 0.4) is 0 Å². The molecule has 0 heterocycles. The van der Waals surface area contributed by atoms with Crippen LogP contribution in [0.4, 0.5) is 0 Å². The van der Waals surface area contributed by atoms with Crippen LogP contribution in [0, 0.1) is 0 Å². The molecule has 108 valence electrons. The zero-order valence-electron chi connectivity index (χ0n) is 12.0. The van der Waals surface area contributed by atoms with Gasteiger partial charge in [-0.1, -0.05) is 30.1 Å². The molecule has 1 aromatic rings. The zero-order chi connectivity index (χ0) is 14.6. The highest BCUT2D eigenvalue weighted by Gasteiger charge is 2.16. The Morgan fingerprint density at radius 1 is 1.26 bits per heavy atom. The fraction of sp³-hybridized carbons (Fsp3) is 0.571. The maximum absolute atomic E-state index is 10.0. The van der Waals surface area contributed by atoms with Gasteiger partial charge in [-0.25, -0.2) is 0 Å². The van der Waals surface area contributed by atoms with Gasteiger partial charge in [0.25, 0.3) is 0 Å². The Morgan fingerprint density at radius 3 is 2.42 bits per heavy atom. The van der Waals surface area contributed by atoms with Crippen molar-refractivity contribution in [2.45, 2.75) is 26.4 Å². The lowest BCUT2D eigenvalue weighted by molar-refractivity contribution is 0.173. The summed E-state index contributed by atoms with van der Waals surface area (Å²) in [5.41, 5.74) is 0.768. The van der Waals surface area contributed by atoms with Crippen LogP contribution in [-0.2, 0) is 6.54 Å². The molecule has 0 aliphatic heterocycles. The Kier molecular flexibility index (Phi) is 6.40. The number of phenols is 1. The number of hydrogen-bond donors (Lipinski definition) is 1. The van der Waals surface area contributed by atoms with Crippen LogP contribution in [0.2, 0.25) is 10.0 Å². The molecule has 0 saturated carbocycles. The smallest absolute Gasteiger partial charge is 0.138 e. The van der Waals surface area contributed by atoms with E-state index in [1.165, 1.54) is 0 Å². The Labute approximate surface area is 125 Å². The van der Waals surface area contributed by atoms with E-state index in [0.717, 1.165) is 18.7 Å². The summed E-state index contributed by atoms with van der Waals surface area (Å²) in [5, 5.41) is 10.9. The fourth-order valence-electron chi connectivity index (χ4n) is 2.18. The van der Waals surface area contributed by atoms with Crippen molar-refractivity contribution < 1.29 is 5.11 Å². The van der Waals surface area contributed by atoms with Crippen molar-refractivity contribution in [3.63, 3.8) is 0 Å². The molecule has 19 heavy (non-hydrogen) atoms. The molecule has 1 rings (SSSR count). The van der Waals surface area contributed by atoms with Gasteiger partial charge in [0.2, 0.25) is 0 Å². The molecule has 1 atom stereocenters. The maximum Gasteiger partial charge on any atom is 0.138 e. The molecule has 1 N–H and O–H groups in total. The first kappa shape index (κ1) is 16.6. The highest BCUT2D eigenvalue weighted by atomic mass is 35.5. The molecule has 0 radical (unpaired) electrons. The van der Waals surface area contributed by atoms with Crippen LogP contribution >= 0.6 is 23.2 Å². The standard InChI is InChI=1S/C14H22Cl2N2O/c1-5-18(10(2)8-17(3)4)9-11-6-12(15)7-13(16)14(11)19/h6-7,10,19H,5,8-9H2,1-4H3. The summed E-state index contributed by atoms with van der Waals surface area (Å²) in [6.07, 6.45) is 0. The number of nitrogens with zero attached hydrogens (tertiary/aromatic N) is 2. The van der Waals surface area contributed by atoms with Crippen molar-refractivity contribution >= 4 is 23.2 Å². The molecule has 1 unspecified atom stereocenters. The van der Waals surface area contributed by atoms with Crippen molar-refractivity contribution in [3.8, 4) is 5.75 Å². The Balaban J connectivity index is 2.86. The van der Waals surface area contributed by atoms with Gasteiger partial charge in [-0.2, -0.15) is 0 Å². The number of benzene rings is 1. The minimum atomic E-state index is 0.126. The van der Waals surface area contributed by atoms with Gasteiger partial charge in [-0.3, -0.25) is 4.90 Å². The van der Waals surface area contributed by atoms with E-state index in [1.807, 2.05) is 0 Å². The first-order valence-corrected chi connectivity index (χ1v) is 7.16. The predicted octanol–water partition coefficient (Wildman–Crippen LogP) is 3.47. The quantitative estimate of drug-likeness (QED) is 0.872. The molecule has 0 aromatic heterocycles. The van der Waals surface area contributed by atoms with E-state index < -0.39 is 0 Å². The van der Waals surface area contributed by atoms with Gasteiger partial charge in [0.05, 0.1) is 5.02 Å². The van der Waals surface area contributed by atoms with Gasteiger partial charge in [0.1, 0.15) is 5.75 Å². The van der Waals surface area contributed by atoms with E-state index >= 15 is 0 Å². The molecule has 3 nitrogen and oxygen atoms in total. The normalized spacial score (nSPS) is 13.3. The van der Waals surface area contributed by atoms with E-state index in [9.17, 15) is 5.11 Å². The largest absolute Gasteiger partial charge is 0.506 e. The van der Waals surface area contributed by atoms with Crippen LogP contribution < -0.4 is 0 Å². The summed E-state index contributed by atoms with van der Waals surface area (Å²) in [6, 6.07) is 3.71. The van der Waals surface area contributed by atoms with E-state index in [2.05, 4.69) is 37.7 Å². The van der Waals surface area contributed by atoms with Gasteiger partial charge >= 0.3 is 0 Å². The van der Waals surface area contributed by atoms with Crippen LogP contribution in [0.15, 0.2) is 12.1 Å². The molecular weight excluding hydrogens is 283 g/mol. The van der Waals surface area contributed by atoms with Gasteiger partial charge in [0.15, 0.2) is 0 Å². The first-order chi connectivity index (χ1) is 8.85. The van der Waals surface area contributed by atoms with Gasteiger partial charge in [0, 0.05) is 29.7 Å². The SMILES string of the molecule is CCN(Cc1cc(Cl)cc(Cl)c1O)C(C)CN(C)C. The molecule has 0 aliphatic rings. The summed E-state index contributed by atoms with van der Waals surface area (Å²) in [5.74, 6) is 0.126. The average Bonchev–Trinajstić information content (AvgIpc) is 2.30. The summed E-state index contributed by atoms with van der Waals surface area (Å²) >= 11 is 11.9. The average molecular weight is 305 g/mol. The third-order valence-corrected chi connectivity index (χ3v) is 3.65. The van der Waals surface area contributed by atoms with Crippen molar-refractivity contribution in [1.82, 2.24) is 9.80 Å². The van der Waals surface area contributed by atoms with Gasteiger partial charge in [-0.15, -0.1) is 0 Å². The van der Waals surface area contributed by atoms with Crippen LogP contribution in [0.5, 0.6) is 5.75 Å².